The fraction of sp³-hybridized carbons (Fsp3) is 0.250. The van der Waals surface area contributed by atoms with E-state index in [4.69, 9.17) is 12.2 Å². The summed E-state index contributed by atoms with van der Waals surface area (Å²) in [7, 11) is 0. The van der Waals surface area contributed by atoms with Crippen molar-refractivity contribution < 1.29 is 4.79 Å². The lowest BCUT2D eigenvalue weighted by Gasteiger charge is -2.11. The summed E-state index contributed by atoms with van der Waals surface area (Å²) >= 11 is 3.30. The highest BCUT2D eigenvalue weighted by Crippen LogP contribution is 2.19. The van der Waals surface area contributed by atoms with Crippen LogP contribution in [0.15, 0.2) is 22.7 Å². The highest BCUT2D eigenvalue weighted by atomic mass is 79.9. The van der Waals surface area contributed by atoms with Gasteiger partial charge in [-0.1, -0.05) is 12.8 Å². The maximum absolute atomic E-state index is 11.9. The summed E-state index contributed by atoms with van der Waals surface area (Å²) in [4.78, 5) is 11.9. The molecule has 0 heterocycles. The van der Waals surface area contributed by atoms with Gasteiger partial charge in [0.15, 0.2) is 0 Å². The molecule has 0 aromatic heterocycles. The summed E-state index contributed by atoms with van der Waals surface area (Å²) < 4.78 is 0.700. The fourth-order valence-corrected chi connectivity index (χ4v) is 1.64. The van der Waals surface area contributed by atoms with Gasteiger partial charge in [-0.25, -0.2) is 0 Å². The second kappa shape index (κ2) is 5.57. The number of benzene rings is 1. The number of nitrogen functional groups attached to an aromatic ring is 1. The van der Waals surface area contributed by atoms with Gasteiger partial charge in [-0.2, -0.15) is 0 Å². The number of anilines is 1. The second-order valence-electron chi connectivity index (χ2n) is 3.34. The van der Waals surface area contributed by atoms with Gasteiger partial charge >= 0.3 is 0 Å². The number of rotatable bonds is 3. The first-order valence-electron chi connectivity index (χ1n) is 4.90. The Labute approximate surface area is 104 Å². The van der Waals surface area contributed by atoms with E-state index in [0.29, 0.717) is 22.1 Å². The molecule has 1 unspecified atom stereocenters. The van der Waals surface area contributed by atoms with E-state index in [-0.39, 0.29) is 11.9 Å². The molecule has 1 aromatic carbocycles. The lowest BCUT2D eigenvalue weighted by molar-refractivity contribution is 0.0944. The lowest BCUT2D eigenvalue weighted by atomic mass is 10.1. The van der Waals surface area contributed by atoms with Crippen molar-refractivity contribution in [2.24, 2.45) is 0 Å². The predicted octanol–water partition coefficient (Wildman–Crippen LogP) is 2.17. The van der Waals surface area contributed by atoms with Crippen molar-refractivity contribution in [2.75, 3.05) is 5.73 Å². The molecule has 0 fully saturated rings. The van der Waals surface area contributed by atoms with Crippen molar-refractivity contribution in [3.63, 3.8) is 0 Å². The Morgan fingerprint density at radius 1 is 1.69 bits per heavy atom. The Morgan fingerprint density at radius 2 is 2.38 bits per heavy atom. The first-order valence-corrected chi connectivity index (χ1v) is 5.69. The van der Waals surface area contributed by atoms with Gasteiger partial charge in [0, 0.05) is 10.2 Å². The number of amides is 1. The minimum absolute atomic E-state index is 0.219. The molecular formula is C12H13BrN2O. The molecular weight excluding hydrogens is 268 g/mol. The normalized spacial score (nSPS) is 11.6. The number of halogens is 1. The molecule has 1 amide bonds. The summed E-state index contributed by atoms with van der Waals surface area (Å²) in [6, 6.07) is 4.82. The zero-order valence-electron chi connectivity index (χ0n) is 8.96. The molecule has 1 aromatic rings. The Kier molecular flexibility index (Phi) is 4.39. The summed E-state index contributed by atoms with van der Waals surface area (Å²) in [5, 5.41) is 2.74. The highest BCUT2D eigenvalue weighted by molar-refractivity contribution is 9.10. The first kappa shape index (κ1) is 12.6. The molecule has 4 heteroatoms. The highest BCUT2D eigenvalue weighted by Gasteiger charge is 2.13. The third-order valence-electron chi connectivity index (χ3n) is 2.15. The van der Waals surface area contributed by atoms with Crippen molar-refractivity contribution in [1.82, 2.24) is 5.32 Å². The molecule has 1 rings (SSSR count). The average Bonchev–Trinajstić information content (AvgIpc) is 2.28. The number of nitrogens with one attached hydrogen (secondary N) is 1. The van der Waals surface area contributed by atoms with Crippen LogP contribution >= 0.6 is 15.9 Å². The standard InChI is InChI=1S/C12H13BrN2O/c1-3-9(4-2)15-12(16)10-7-8(14)5-6-11(10)13/h1,5-7,9H,4,14H2,2H3,(H,15,16). The minimum atomic E-state index is -0.249. The van der Waals surface area contributed by atoms with Crippen LogP contribution in [0.25, 0.3) is 0 Å². The number of carbonyl (C=O) groups excluding carboxylic acids is 1. The van der Waals surface area contributed by atoms with Gasteiger partial charge in [0.05, 0.1) is 11.6 Å². The van der Waals surface area contributed by atoms with E-state index < -0.39 is 0 Å². The molecule has 0 radical (unpaired) electrons. The third-order valence-corrected chi connectivity index (χ3v) is 2.84. The van der Waals surface area contributed by atoms with E-state index in [9.17, 15) is 4.79 Å². The summed E-state index contributed by atoms with van der Waals surface area (Å²) in [6.45, 7) is 1.92. The molecule has 0 saturated carbocycles. The van der Waals surface area contributed by atoms with Crippen molar-refractivity contribution in [3.8, 4) is 12.3 Å². The van der Waals surface area contributed by atoms with Crippen molar-refractivity contribution in [2.45, 2.75) is 19.4 Å². The van der Waals surface area contributed by atoms with E-state index in [1.54, 1.807) is 18.2 Å². The van der Waals surface area contributed by atoms with Crippen LogP contribution in [0.4, 0.5) is 5.69 Å². The van der Waals surface area contributed by atoms with Gasteiger partial charge < -0.3 is 11.1 Å². The van der Waals surface area contributed by atoms with Gasteiger partial charge in [0.1, 0.15) is 0 Å². The average molecular weight is 281 g/mol. The number of terminal acetylenes is 1. The number of hydrogen-bond donors (Lipinski definition) is 2. The Bertz CT molecular complexity index is 437. The van der Waals surface area contributed by atoms with Crippen LogP contribution in [0, 0.1) is 12.3 Å². The van der Waals surface area contributed by atoms with Crippen LogP contribution in [-0.4, -0.2) is 11.9 Å². The van der Waals surface area contributed by atoms with Crippen LogP contribution in [0.1, 0.15) is 23.7 Å². The van der Waals surface area contributed by atoms with Gasteiger partial charge in [-0.05, 0) is 40.5 Å². The molecule has 3 nitrogen and oxygen atoms in total. The van der Waals surface area contributed by atoms with Crippen molar-refractivity contribution in [1.29, 1.82) is 0 Å². The zero-order valence-corrected chi connectivity index (χ0v) is 10.5. The molecule has 0 saturated heterocycles. The van der Waals surface area contributed by atoms with Crippen LogP contribution in [0.3, 0.4) is 0 Å². The van der Waals surface area contributed by atoms with Crippen LogP contribution in [-0.2, 0) is 0 Å². The third kappa shape index (κ3) is 3.01. The minimum Gasteiger partial charge on any atom is -0.399 e. The fourth-order valence-electron chi connectivity index (χ4n) is 1.21. The number of nitrogens with two attached hydrogens (primary N) is 1. The van der Waals surface area contributed by atoms with E-state index >= 15 is 0 Å². The van der Waals surface area contributed by atoms with Crippen LogP contribution < -0.4 is 11.1 Å². The monoisotopic (exact) mass is 280 g/mol. The predicted molar refractivity (Wildman–Crippen MR) is 68.9 cm³/mol. The summed E-state index contributed by atoms with van der Waals surface area (Å²) in [6.07, 6.45) is 5.97. The van der Waals surface area contributed by atoms with Gasteiger partial charge in [-0.15, -0.1) is 6.42 Å². The lowest BCUT2D eigenvalue weighted by Crippen LogP contribution is -2.33. The molecule has 0 spiro atoms. The van der Waals surface area contributed by atoms with Crippen molar-refractivity contribution >= 4 is 27.5 Å². The van der Waals surface area contributed by atoms with E-state index in [0.717, 1.165) is 0 Å². The molecule has 0 bridgehead atoms. The van der Waals surface area contributed by atoms with Gasteiger partial charge in [0.2, 0.25) is 0 Å². The maximum atomic E-state index is 11.9. The summed E-state index contributed by atoms with van der Waals surface area (Å²) in [5.74, 6) is 2.29. The van der Waals surface area contributed by atoms with Crippen LogP contribution in [0.2, 0.25) is 0 Å². The molecule has 3 N–H and O–H groups in total. The smallest absolute Gasteiger partial charge is 0.253 e. The first-order chi connectivity index (χ1) is 7.58. The molecule has 84 valence electrons. The van der Waals surface area contributed by atoms with Gasteiger partial charge in [0.25, 0.3) is 5.91 Å². The topological polar surface area (TPSA) is 55.1 Å². The Morgan fingerprint density at radius 3 is 2.94 bits per heavy atom. The quantitative estimate of drug-likeness (QED) is 0.659. The van der Waals surface area contributed by atoms with E-state index in [2.05, 4.69) is 27.2 Å². The van der Waals surface area contributed by atoms with E-state index in [1.807, 2.05) is 6.92 Å². The molecule has 0 aliphatic carbocycles. The maximum Gasteiger partial charge on any atom is 0.253 e. The molecule has 16 heavy (non-hydrogen) atoms. The molecule has 0 aliphatic heterocycles. The summed E-state index contributed by atoms with van der Waals surface area (Å²) in [5.41, 5.74) is 6.66. The zero-order chi connectivity index (χ0) is 12.1. The Balaban J connectivity index is 2.89. The second-order valence-corrected chi connectivity index (χ2v) is 4.19. The Hall–Kier alpha value is -1.47. The number of hydrogen-bond acceptors (Lipinski definition) is 2. The number of carbonyl (C=O) groups is 1. The molecule has 0 aliphatic rings. The largest absolute Gasteiger partial charge is 0.399 e. The van der Waals surface area contributed by atoms with Gasteiger partial charge in [-0.3, -0.25) is 4.79 Å². The SMILES string of the molecule is C#CC(CC)NC(=O)c1cc(N)ccc1Br. The van der Waals surface area contributed by atoms with Crippen molar-refractivity contribution in [3.05, 3.63) is 28.2 Å². The molecule has 1 atom stereocenters. The van der Waals surface area contributed by atoms with Crippen LogP contribution in [0.5, 0.6) is 0 Å². The van der Waals surface area contributed by atoms with E-state index in [1.165, 1.54) is 0 Å².